The summed E-state index contributed by atoms with van der Waals surface area (Å²) in [6, 6.07) is 65.9. The Morgan fingerprint density at radius 2 is 1.49 bits per heavy atom. The average Bonchev–Trinajstić information content (AvgIpc) is 4.16. The van der Waals surface area contributed by atoms with Gasteiger partial charge < -0.3 is 19.0 Å². The maximum atomic E-state index is 5.95. The molecular formula is C58H39IrN8O. The predicted octanol–water partition coefficient (Wildman–Crippen LogP) is 12.9. The van der Waals surface area contributed by atoms with Gasteiger partial charge in [-0.1, -0.05) is 76.7 Å². The van der Waals surface area contributed by atoms with E-state index < -0.39 is 0 Å². The van der Waals surface area contributed by atoms with Crippen LogP contribution in [0.2, 0.25) is 0 Å². The summed E-state index contributed by atoms with van der Waals surface area (Å²) in [7, 11) is 1.96. The van der Waals surface area contributed by atoms with Gasteiger partial charge >= 0.3 is 20.1 Å². The molecule has 10 heteroatoms. The molecule has 68 heavy (non-hydrogen) atoms. The molecule has 0 radical (unpaired) electrons. The first-order valence-corrected chi connectivity index (χ1v) is 22.1. The number of aromatic nitrogens is 8. The van der Waals surface area contributed by atoms with Crippen molar-refractivity contribution < 1.29 is 24.5 Å². The van der Waals surface area contributed by atoms with Crippen molar-refractivity contribution in [2.75, 3.05) is 0 Å². The number of hydrogen-bond donors (Lipinski definition) is 0. The third-order valence-electron chi connectivity index (χ3n) is 12.2. The van der Waals surface area contributed by atoms with Gasteiger partial charge in [0.1, 0.15) is 0 Å². The average molecular weight is 1060 g/mol. The van der Waals surface area contributed by atoms with Gasteiger partial charge in [0.2, 0.25) is 11.5 Å². The molecule has 13 rings (SSSR count). The summed E-state index contributed by atoms with van der Waals surface area (Å²) in [5.41, 5.74) is 16.9. The molecule has 0 aliphatic heterocycles. The monoisotopic (exact) mass is 1060 g/mol. The van der Waals surface area contributed by atoms with Crippen molar-refractivity contribution >= 4 is 49.9 Å². The Morgan fingerprint density at radius 1 is 0.632 bits per heavy atom. The first-order chi connectivity index (χ1) is 33.1. The summed E-state index contributed by atoms with van der Waals surface area (Å²) < 4.78 is 12.5. The van der Waals surface area contributed by atoms with Crippen LogP contribution in [0.15, 0.2) is 193 Å². The van der Waals surface area contributed by atoms with E-state index in [9.17, 15) is 0 Å². The normalized spacial score (nSPS) is 11.3. The van der Waals surface area contributed by atoms with Gasteiger partial charge in [0, 0.05) is 48.6 Å². The molecule has 0 amide bonds. The fourth-order valence-electron chi connectivity index (χ4n) is 9.08. The quantitative estimate of drug-likeness (QED) is 0.148. The van der Waals surface area contributed by atoms with Crippen LogP contribution in [0.1, 0.15) is 16.8 Å². The zero-order chi connectivity index (χ0) is 44.8. The van der Waals surface area contributed by atoms with Gasteiger partial charge in [-0.15, -0.1) is 83.9 Å². The van der Waals surface area contributed by atoms with E-state index in [1.807, 2.05) is 116 Å². The SMILES string of the molecule is Cc1ccc2c(n1)oc1c(-c3nccn3C)[c-]ccc12.[Ir+3].[c-]1ccc(-c2cccc3c2n2c4cc(Cc5cccnc5-c5[c-]cccc5)ccc4nc2n3-c2ccccc2)cc1-c1ccccn1. The van der Waals surface area contributed by atoms with Crippen LogP contribution in [-0.4, -0.2) is 38.5 Å². The third kappa shape index (κ3) is 7.55. The van der Waals surface area contributed by atoms with Crippen molar-refractivity contribution in [2.24, 2.45) is 7.05 Å². The van der Waals surface area contributed by atoms with Crippen molar-refractivity contribution in [3.8, 4) is 50.7 Å². The minimum Gasteiger partial charge on any atom is -0.486 e. The maximum absolute atomic E-state index is 5.95. The second-order valence-electron chi connectivity index (χ2n) is 16.4. The van der Waals surface area contributed by atoms with Crippen molar-refractivity contribution in [1.82, 2.24) is 38.5 Å². The van der Waals surface area contributed by atoms with Gasteiger partial charge in [-0.3, -0.25) is 14.0 Å². The minimum atomic E-state index is 0. The van der Waals surface area contributed by atoms with Gasteiger partial charge in [0.05, 0.1) is 33.5 Å². The topological polar surface area (TPSA) is 91.9 Å². The number of furan rings is 1. The molecule has 0 spiro atoms. The van der Waals surface area contributed by atoms with Crippen LogP contribution in [0.4, 0.5) is 0 Å². The largest absolute Gasteiger partial charge is 3.00 e. The smallest absolute Gasteiger partial charge is 0.486 e. The second kappa shape index (κ2) is 17.8. The standard InChI is InChI=1S/C42H27N5.C16H12N3O.Ir/c1-3-12-30(13-4-1)40-33(16-11-25-44-40)26-29-22-23-37-39(27-29)47-41-35(31-14-9-15-32(28-31)36-20-7-8-24-43-36)19-10-21-38(41)46(42(47)45-37)34-17-5-2-6-18-34;1-10-6-7-12-11-4-3-5-13(14(11)20-16(12)18-10)15-17-8-9-19(15)2;/h1-12,14,16-25,27-28H,26H2;3-4,6-9H,1-2H3;/q-2;-1;+3. The summed E-state index contributed by atoms with van der Waals surface area (Å²) in [5, 5.41) is 2.07. The Morgan fingerprint density at radius 3 is 2.32 bits per heavy atom. The van der Waals surface area contributed by atoms with Crippen molar-refractivity contribution in [1.29, 1.82) is 0 Å². The van der Waals surface area contributed by atoms with E-state index in [2.05, 4.69) is 127 Å². The van der Waals surface area contributed by atoms with E-state index >= 15 is 0 Å². The molecule has 6 aromatic carbocycles. The Labute approximate surface area is 405 Å². The van der Waals surface area contributed by atoms with E-state index in [0.717, 1.165) is 113 Å². The number of imidazole rings is 3. The number of fused-ring (bicyclic) bond motifs is 8. The minimum absolute atomic E-state index is 0. The molecule has 0 bridgehead atoms. The molecule has 326 valence electrons. The zero-order valence-corrected chi connectivity index (χ0v) is 39.3. The van der Waals surface area contributed by atoms with Gasteiger partial charge in [-0.2, -0.15) is 0 Å². The first kappa shape index (κ1) is 42.3. The molecule has 0 saturated carbocycles. The molecule has 0 unspecified atom stereocenters. The van der Waals surface area contributed by atoms with Crippen LogP contribution in [0.25, 0.3) is 101 Å². The Bertz CT molecular complexity index is 3930. The molecule has 0 saturated heterocycles. The Kier molecular flexibility index (Phi) is 11.1. The summed E-state index contributed by atoms with van der Waals surface area (Å²) in [4.78, 5) is 23.4. The van der Waals surface area contributed by atoms with Crippen LogP contribution >= 0.6 is 0 Å². The third-order valence-corrected chi connectivity index (χ3v) is 12.2. The fourth-order valence-corrected chi connectivity index (χ4v) is 9.08. The first-order valence-electron chi connectivity index (χ1n) is 22.1. The van der Waals surface area contributed by atoms with Gasteiger partial charge in [-0.05, 0) is 90.5 Å². The number of nitrogens with zero attached hydrogens (tertiary/aromatic N) is 8. The number of pyridine rings is 3. The molecule has 7 aromatic heterocycles. The fraction of sp³-hybridized carbons (Fsp3) is 0.0517. The van der Waals surface area contributed by atoms with E-state index in [0.29, 0.717) is 5.71 Å². The van der Waals surface area contributed by atoms with Crippen molar-refractivity contribution in [3.63, 3.8) is 0 Å². The summed E-state index contributed by atoms with van der Waals surface area (Å²) in [6.07, 6.45) is 8.09. The number of aryl methyl sites for hydroxylation is 2. The molecule has 0 N–H and O–H groups in total. The number of para-hydroxylation sites is 2. The number of rotatable bonds is 7. The molecule has 7 heterocycles. The Balaban J connectivity index is 0.000000201. The number of hydrogen-bond acceptors (Lipinski definition) is 6. The van der Waals surface area contributed by atoms with E-state index in [1.54, 1.807) is 6.20 Å². The zero-order valence-electron chi connectivity index (χ0n) is 36.9. The van der Waals surface area contributed by atoms with Crippen LogP contribution in [-0.2, 0) is 33.6 Å². The summed E-state index contributed by atoms with van der Waals surface area (Å²) in [5.74, 6) is 1.71. The van der Waals surface area contributed by atoms with Gasteiger partial charge in [0.15, 0.2) is 0 Å². The van der Waals surface area contributed by atoms with E-state index in [1.165, 1.54) is 5.56 Å². The van der Waals surface area contributed by atoms with Crippen LogP contribution in [0.3, 0.4) is 0 Å². The molecule has 0 atom stereocenters. The Hall–Kier alpha value is -8.30. The molecule has 0 aliphatic carbocycles. The predicted molar refractivity (Wildman–Crippen MR) is 266 cm³/mol. The molecule has 0 fully saturated rings. The molecule has 9 nitrogen and oxygen atoms in total. The van der Waals surface area contributed by atoms with Gasteiger partial charge in [-0.25, -0.2) is 9.97 Å². The second-order valence-corrected chi connectivity index (χ2v) is 16.4. The summed E-state index contributed by atoms with van der Waals surface area (Å²) >= 11 is 0. The maximum Gasteiger partial charge on any atom is 3.00 e. The molecular weight excluding hydrogens is 1020 g/mol. The van der Waals surface area contributed by atoms with Crippen molar-refractivity contribution in [2.45, 2.75) is 13.3 Å². The van der Waals surface area contributed by atoms with E-state index in [4.69, 9.17) is 14.4 Å². The molecule has 13 aromatic rings. The van der Waals surface area contributed by atoms with Gasteiger partial charge in [0.25, 0.3) is 0 Å². The van der Waals surface area contributed by atoms with Crippen LogP contribution in [0.5, 0.6) is 0 Å². The van der Waals surface area contributed by atoms with Crippen LogP contribution < -0.4 is 0 Å². The summed E-state index contributed by atoms with van der Waals surface area (Å²) in [6.45, 7) is 1.96. The van der Waals surface area contributed by atoms with Crippen molar-refractivity contribution in [3.05, 3.63) is 224 Å². The number of benzene rings is 6. The van der Waals surface area contributed by atoms with Crippen LogP contribution in [0, 0.1) is 25.1 Å². The molecule has 0 aliphatic rings. The van der Waals surface area contributed by atoms with E-state index in [-0.39, 0.29) is 20.1 Å².